The molecule has 0 bridgehead atoms. The monoisotopic (exact) mass is 359 g/mol. The van der Waals surface area contributed by atoms with E-state index in [-0.39, 0.29) is 5.95 Å². The van der Waals surface area contributed by atoms with Gasteiger partial charge in [0, 0.05) is 23.5 Å². The highest BCUT2D eigenvalue weighted by molar-refractivity contribution is 6.02. The van der Waals surface area contributed by atoms with Crippen molar-refractivity contribution in [3.63, 3.8) is 0 Å². The summed E-state index contributed by atoms with van der Waals surface area (Å²) >= 11 is 0. The Bertz CT molecular complexity index is 1070. The van der Waals surface area contributed by atoms with Crippen molar-refractivity contribution in [2.45, 2.75) is 13.3 Å². The second-order valence-electron chi connectivity index (χ2n) is 6.47. The molecule has 2 aromatic heterocycles. The number of aryl methyl sites for hydroxylation is 1. The summed E-state index contributed by atoms with van der Waals surface area (Å²) in [6.45, 7) is 2.67. The van der Waals surface area contributed by atoms with Crippen molar-refractivity contribution in [1.82, 2.24) is 20.2 Å². The van der Waals surface area contributed by atoms with Gasteiger partial charge in [-0.15, -0.1) is 0 Å². The van der Waals surface area contributed by atoms with Gasteiger partial charge >= 0.3 is 0 Å². The van der Waals surface area contributed by atoms with Crippen LogP contribution in [0.5, 0.6) is 0 Å². The Hall–Kier alpha value is -3.61. The molecule has 6 N–H and O–H groups in total. The predicted molar refractivity (Wildman–Crippen MR) is 109 cm³/mol. The molecule has 2 heterocycles. The average molecular weight is 359 g/mol. The molecule has 0 fully saturated rings. The lowest BCUT2D eigenvalue weighted by atomic mass is 10.1. The fourth-order valence-corrected chi connectivity index (χ4v) is 3.20. The number of rotatable bonds is 5. The molecule has 7 nitrogen and oxygen atoms in total. The molecule has 0 aliphatic carbocycles. The molecule has 0 aliphatic rings. The van der Waals surface area contributed by atoms with Gasteiger partial charge in [-0.1, -0.05) is 30.3 Å². The van der Waals surface area contributed by atoms with Gasteiger partial charge in [-0.3, -0.25) is 5.10 Å². The summed E-state index contributed by atoms with van der Waals surface area (Å²) in [4.78, 5) is 8.50. The molecule has 2 aromatic carbocycles. The van der Waals surface area contributed by atoms with Crippen LogP contribution in [0.1, 0.15) is 11.3 Å². The molecule has 4 rings (SSSR count). The number of nitrogen functional groups attached to an aromatic ring is 2. The minimum absolute atomic E-state index is 0.257. The molecule has 0 aliphatic heterocycles. The lowest BCUT2D eigenvalue weighted by Crippen LogP contribution is -2.06. The molecule has 0 amide bonds. The number of nitrogens with two attached hydrogens (primary N) is 2. The van der Waals surface area contributed by atoms with E-state index in [1.807, 2.05) is 43.3 Å². The standard InChI is InChI=1S/C20H21N7/c1-12-9-15(25-20(22)24-12)14-10-16(18-17(11-14)26-27-19(18)21)23-8-7-13-5-3-2-4-6-13/h2-6,9-11,23H,7-8H2,1H3,(H3,21,26,27)(H2,22,24,25). The molecule has 4 aromatic rings. The third kappa shape index (κ3) is 3.52. The summed E-state index contributed by atoms with van der Waals surface area (Å²) in [6, 6.07) is 16.3. The van der Waals surface area contributed by atoms with E-state index < -0.39 is 0 Å². The summed E-state index contributed by atoms with van der Waals surface area (Å²) in [5, 5.41) is 11.5. The van der Waals surface area contributed by atoms with Gasteiger partial charge in [0.15, 0.2) is 5.82 Å². The van der Waals surface area contributed by atoms with Gasteiger partial charge in [0.25, 0.3) is 0 Å². The topological polar surface area (TPSA) is 119 Å². The van der Waals surface area contributed by atoms with Crippen molar-refractivity contribution in [3.05, 3.63) is 59.8 Å². The molecule has 0 radical (unpaired) electrons. The second kappa shape index (κ2) is 6.95. The van der Waals surface area contributed by atoms with E-state index in [1.54, 1.807) is 0 Å². The van der Waals surface area contributed by atoms with Gasteiger partial charge in [-0.25, -0.2) is 9.97 Å². The molecular formula is C20H21N7. The predicted octanol–water partition coefficient (Wildman–Crippen LogP) is 3.15. The number of anilines is 3. The lowest BCUT2D eigenvalue weighted by molar-refractivity contribution is 1.02. The van der Waals surface area contributed by atoms with Gasteiger partial charge in [-0.05, 0) is 37.1 Å². The van der Waals surface area contributed by atoms with E-state index in [2.05, 4.69) is 37.6 Å². The average Bonchev–Trinajstić information content (AvgIpc) is 3.03. The molecule has 0 saturated carbocycles. The first-order valence-corrected chi connectivity index (χ1v) is 8.77. The minimum Gasteiger partial charge on any atom is -0.384 e. The van der Waals surface area contributed by atoms with E-state index in [9.17, 15) is 0 Å². The van der Waals surface area contributed by atoms with Gasteiger partial charge < -0.3 is 16.8 Å². The SMILES string of the molecule is Cc1cc(-c2cc(NCCc3ccccc3)c3c(N)n[nH]c3c2)nc(N)n1. The van der Waals surface area contributed by atoms with Crippen molar-refractivity contribution in [3.8, 4) is 11.3 Å². The number of nitrogens with zero attached hydrogens (tertiary/aromatic N) is 3. The first kappa shape index (κ1) is 16.8. The molecule has 7 heteroatoms. The van der Waals surface area contributed by atoms with Gasteiger partial charge in [0.1, 0.15) is 0 Å². The highest BCUT2D eigenvalue weighted by Crippen LogP contribution is 2.32. The quantitative estimate of drug-likeness (QED) is 0.435. The molecule has 0 saturated heterocycles. The van der Waals surface area contributed by atoms with Crippen LogP contribution in [-0.2, 0) is 6.42 Å². The normalized spacial score (nSPS) is 11.0. The summed E-state index contributed by atoms with van der Waals surface area (Å²) in [6.07, 6.45) is 0.907. The van der Waals surface area contributed by atoms with Gasteiger partial charge in [-0.2, -0.15) is 5.10 Å². The lowest BCUT2D eigenvalue weighted by Gasteiger charge is -2.11. The molecule has 27 heavy (non-hydrogen) atoms. The minimum atomic E-state index is 0.257. The van der Waals surface area contributed by atoms with Crippen LogP contribution in [0.2, 0.25) is 0 Å². The van der Waals surface area contributed by atoms with E-state index in [4.69, 9.17) is 11.5 Å². The number of hydrogen-bond donors (Lipinski definition) is 4. The first-order valence-electron chi connectivity index (χ1n) is 8.77. The molecule has 0 spiro atoms. The third-order valence-corrected chi connectivity index (χ3v) is 4.43. The van der Waals surface area contributed by atoms with Crippen LogP contribution in [0, 0.1) is 6.92 Å². The van der Waals surface area contributed by atoms with E-state index in [0.29, 0.717) is 5.82 Å². The van der Waals surface area contributed by atoms with Crippen LogP contribution < -0.4 is 16.8 Å². The van der Waals surface area contributed by atoms with E-state index in [0.717, 1.165) is 46.5 Å². The second-order valence-corrected chi connectivity index (χ2v) is 6.47. The Labute approximate surface area is 156 Å². The Morgan fingerprint density at radius 3 is 2.63 bits per heavy atom. The smallest absolute Gasteiger partial charge is 0.220 e. The van der Waals surface area contributed by atoms with Crippen molar-refractivity contribution in [2.24, 2.45) is 0 Å². The molecule has 136 valence electrons. The molecule has 0 atom stereocenters. The Kier molecular flexibility index (Phi) is 4.33. The number of aromatic nitrogens is 4. The highest BCUT2D eigenvalue weighted by Gasteiger charge is 2.13. The van der Waals surface area contributed by atoms with Crippen LogP contribution in [0.4, 0.5) is 17.5 Å². The van der Waals surface area contributed by atoms with Gasteiger partial charge in [0.05, 0.1) is 16.6 Å². The maximum absolute atomic E-state index is 6.07. The number of fused-ring (bicyclic) bond motifs is 1. The summed E-state index contributed by atoms with van der Waals surface area (Å²) in [5.41, 5.74) is 17.4. The van der Waals surface area contributed by atoms with Crippen LogP contribution in [0.15, 0.2) is 48.5 Å². The fraction of sp³-hybridized carbons (Fsp3) is 0.150. The number of H-pyrrole nitrogens is 1. The Morgan fingerprint density at radius 1 is 1.04 bits per heavy atom. The first-order chi connectivity index (χ1) is 13.1. The largest absolute Gasteiger partial charge is 0.384 e. The third-order valence-electron chi connectivity index (χ3n) is 4.43. The molecule has 0 unspecified atom stereocenters. The highest BCUT2D eigenvalue weighted by atomic mass is 15.2. The fourth-order valence-electron chi connectivity index (χ4n) is 3.20. The summed E-state index contributed by atoms with van der Waals surface area (Å²) in [5.74, 6) is 0.727. The zero-order chi connectivity index (χ0) is 18.8. The van der Waals surface area contributed by atoms with Crippen LogP contribution in [0.3, 0.4) is 0 Å². The number of aromatic amines is 1. The zero-order valence-electron chi connectivity index (χ0n) is 15.0. The van der Waals surface area contributed by atoms with Gasteiger partial charge in [0.2, 0.25) is 5.95 Å². The number of benzene rings is 2. The Balaban J connectivity index is 1.68. The van der Waals surface area contributed by atoms with E-state index in [1.165, 1.54) is 5.56 Å². The number of hydrogen-bond acceptors (Lipinski definition) is 6. The van der Waals surface area contributed by atoms with Crippen LogP contribution >= 0.6 is 0 Å². The number of nitrogens with one attached hydrogen (secondary N) is 2. The molecular weight excluding hydrogens is 338 g/mol. The zero-order valence-corrected chi connectivity index (χ0v) is 15.0. The van der Waals surface area contributed by atoms with Crippen molar-refractivity contribution in [1.29, 1.82) is 0 Å². The summed E-state index contributed by atoms with van der Waals surface area (Å²) in [7, 11) is 0. The van der Waals surface area contributed by atoms with Crippen molar-refractivity contribution in [2.75, 3.05) is 23.3 Å². The van der Waals surface area contributed by atoms with Crippen molar-refractivity contribution >= 4 is 28.4 Å². The van der Waals surface area contributed by atoms with Crippen molar-refractivity contribution < 1.29 is 0 Å². The Morgan fingerprint density at radius 2 is 1.85 bits per heavy atom. The maximum atomic E-state index is 6.07. The summed E-state index contributed by atoms with van der Waals surface area (Å²) < 4.78 is 0. The maximum Gasteiger partial charge on any atom is 0.220 e. The van der Waals surface area contributed by atoms with Crippen LogP contribution in [-0.4, -0.2) is 26.7 Å². The van der Waals surface area contributed by atoms with Crippen LogP contribution in [0.25, 0.3) is 22.2 Å². The van der Waals surface area contributed by atoms with E-state index >= 15 is 0 Å².